The second-order valence-electron chi connectivity index (χ2n) is 5.29. The van der Waals surface area contributed by atoms with E-state index in [1.807, 2.05) is 0 Å². The summed E-state index contributed by atoms with van der Waals surface area (Å²) >= 11 is 5.79. The zero-order valence-electron chi connectivity index (χ0n) is 12.5. The lowest BCUT2D eigenvalue weighted by Crippen LogP contribution is -2.29. The monoisotopic (exact) mass is 322 g/mol. The molecule has 0 aliphatic heterocycles. The third kappa shape index (κ3) is 4.88. The molecule has 0 radical (unpaired) electrons. The first-order valence-electron chi connectivity index (χ1n) is 7.39. The van der Waals surface area contributed by atoms with E-state index in [9.17, 15) is 9.59 Å². The van der Waals surface area contributed by atoms with Crippen LogP contribution in [0.25, 0.3) is 0 Å². The Balaban J connectivity index is 1.79. The Labute approximate surface area is 135 Å². The molecule has 22 heavy (non-hydrogen) atoms. The minimum atomic E-state index is -0.324. The molecule has 0 heterocycles. The van der Waals surface area contributed by atoms with Gasteiger partial charge in [-0.2, -0.15) is 0 Å². The van der Waals surface area contributed by atoms with Gasteiger partial charge < -0.3 is 9.47 Å². The smallest absolute Gasteiger partial charge is 0.330 e. The highest BCUT2D eigenvalue weighted by atomic mass is 35.5. The molecule has 1 aromatic carbocycles. The molecule has 5 heteroatoms. The van der Waals surface area contributed by atoms with E-state index in [4.69, 9.17) is 21.1 Å². The second-order valence-corrected chi connectivity index (χ2v) is 5.72. The van der Waals surface area contributed by atoms with Crippen molar-refractivity contribution in [3.63, 3.8) is 0 Å². The van der Waals surface area contributed by atoms with E-state index in [0.29, 0.717) is 36.5 Å². The molecule has 0 atom stereocenters. The van der Waals surface area contributed by atoms with Gasteiger partial charge in [0.25, 0.3) is 0 Å². The molecule has 1 aliphatic rings. The molecule has 0 spiro atoms. The summed E-state index contributed by atoms with van der Waals surface area (Å²) < 4.78 is 10.6. The van der Waals surface area contributed by atoms with Crippen molar-refractivity contribution in [2.75, 3.05) is 0 Å². The van der Waals surface area contributed by atoms with Gasteiger partial charge in [0.05, 0.1) is 5.92 Å². The third-order valence-electron chi connectivity index (χ3n) is 3.63. The summed E-state index contributed by atoms with van der Waals surface area (Å²) in [5, 5.41) is 0.600. The van der Waals surface area contributed by atoms with E-state index in [1.54, 1.807) is 37.3 Å². The Hall–Kier alpha value is -1.81. The lowest BCUT2D eigenvalue weighted by atomic mass is 9.87. The molecule has 0 unspecified atom stereocenters. The number of benzene rings is 1. The van der Waals surface area contributed by atoms with E-state index in [2.05, 4.69) is 0 Å². The average Bonchev–Trinajstić information content (AvgIpc) is 2.50. The van der Waals surface area contributed by atoms with Crippen molar-refractivity contribution in [3.8, 4) is 5.75 Å². The summed E-state index contributed by atoms with van der Waals surface area (Å²) in [6.07, 6.45) is 5.65. The van der Waals surface area contributed by atoms with Gasteiger partial charge in [0.1, 0.15) is 11.9 Å². The summed E-state index contributed by atoms with van der Waals surface area (Å²) in [6.45, 7) is 1.77. The maximum atomic E-state index is 12.1. The number of rotatable bonds is 4. The highest BCUT2D eigenvalue weighted by Gasteiger charge is 2.29. The highest BCUT2D eigenvalue weighted by molar-refractivity contribution is 6.30. The van der Waals surface area contributed by atoms with Crippen LogP contribution in [0.2, 0.25) is 5.02 Å². The highest BCUT2D eigenvalue weighted by Crippen LogP contribution is 2.28. The molecule has 0 N–H and O–H groups in total. The number of ether oxygens (including phenoxy) is 2. The SMILES string of the molecule is CC=CC(=O)O[C@H]1CC[C@H](C(=O)Oc2ccc(Cl)cc2)CC1. The Morgan fingerprint density at radius 3 is 2.36 bits per heavy atom. The van der Waals surface area contributed by atoms with Crippen LogP contribution in [0.15, 0.2) is 36.4 Å². The van der Waals surface area contributed by atoms with Crippen molar-refractivity contribution >= 4 is 23.5 Å². The fraction of sp³-hybridized carbons (Fsp3) is 0.412. The maximum absolute atomic E-state index is 12.1. The average molecular weight is 323 g/mol. The van der Waals surface area contributed by atoms with Crippen LogP contribution in [0.4, 0.5) is 0 Å². The Kier molecular flexibility index (Phi) is 6.01. The van der Waals surface area contributed by atoms with Crippen molar-refractivity contribution in [1.29, 1.82) is 0 Å². The number of hydrogen-bond acceptors (Lipinski definition) is 4. The summed E-state index contributed by atoms with van der Waals surface area (Å²) in [4.78, 5) is 23.5. The van der Waals surface area contributed by atoms with Gasteiger partial charge in [0.2, 0.25) is 0 Å². The van der Waals surface area contributed by atoms with Gasteiger partial charge in [-0.25, -0.2) is 4.79 Å². The summed E-state index contributed by atoms with van der Waals surface area (Å²) in [7, 11) is 0. The summed E-state index contributed by atoms with van der Waals surface area (Å²) in [5.41, 5.74) is 0. The number of halogens is 1. The van der Waals surface area contributed by atoms with Gasteiger partial charge in [0.15, 0.2) is 0 Å². The summed E-state index contributed by atoms with van der Waals surface area (Å²) in [6, 6.07) is 6.71. The minimum Gasteiger partial charge on any atom is -0.459 e. The zero-order chi connectivity index (χ0) is 15.9. The molecule has 1 saturated carbocycles. The Morgan fingerprint density at radius 1 is 1.14 bits per heavy atom. The second kappa shape index (κ2) is 7.99. The van der Waals surface area contributed by atoms with Crippen LogP contribution in [0, 0.1) is 5.92 Å². The fourth-order valence-corrected chi connectivity index (χ4v) is 2.58. The molecular weight excluding hydrogens is 304 g/mol. The largest absolute Gasteiger partial charge is 0.459 e. The van der Waals surface area contributed by atoms with Crippen molar-refractivity contribution < 1.29 is 19.1 Å². The van der Waals surface area contributed by atoms with E-state index in [-0.39, 0.29) is 24.0 Å². The van der Waals surface area contributed by atoms with E-state index in [0.717, 1.165) is 0 Å². The molecule has 118 valence electrons. The number of carbonyl (C=O) groups is 2. The minimum absolute atomic E-state index is 0.108. The van der Waals surface area contributed by atoms with Gasteiger partial charge in [0, 0.05) is 11.1 Å². The maximum Gasteiger partial charge on any atom is 0.330 e. The van der Waals surface area contributed by atoms with Crippen molar-refractivity contribution in [2.45, 2.75) is 38.7 Å². The van der Waals surface area contributed by atoms with Crippen LogP contribution in [0.1, 0.15) is 32.6 Å². The van der Waals surface area contributed by atoms with Crippen molar-refractivity contribution in [3.05, 3.63) is 41.4 Å². The van der Waals surface area contributed by atoms with Gasteiger partial charge in [-0.1, -0.05) is 17.7 Å². The van der Waals surface area contributed by atoms with Gasteiger partial charge in [-0.15, -0.1) is 0 Å². The number of esters is 2. The van der Waals surface area contributed by atoms with Crippen molar-refractivity contribution in [1.82, 2.24) is 0 Å². The number of allylic oxidation sites excluding steroid dienone is 1. The molecule has 2 rings (SSSR count). The molecule has 1 aliphatic carbocycles. The molecular formula is C17H19ClO4. The number of carbonyl (C=O) groups excluding carboxylic acids is 2. The van der Waals surface area contributed by atoms with Gasteiger partial charge in [-0.05, 0) is 56.9 Å². The quantitative estimate of drug-likeness (QED) is 0.479. The zero-order valence-corrected chi connectivity index (χ0v) is 13.2. The first-order chi connectivity index (χ1) is 10.6. The molecule has 1 aromatic rings. The Bertz CT molecular complexity index is 542. The Morgan fingerprint density at radius 2 is 1.77 bits per heavy atom. The van der Waals surface area contributed by atoms with E-state index < -0.39 is 0 Å². The topological polar surface area (TPSA) is 52.6 Å². The molecule has 0 aromatic heterocycles. The molecule has 1 fully saturated rings. The first-order valence-corrected chi connectivity index (χ1v) is 7.77. The number of hydrogen-bond donors (Lipinski definition) is 0. The van der Waals surface area contributed by atoms with Crippen molar-refractivity contribution in [2.24, 2.45) is 5.92 Å². The first kappa shape index (κ1) is 16.6. The molecule has 0 saturated heterocycles. The van der Waals surface area contributed by atoms with Crippen LogP contribution < -0.4 is 4.74 Å². The fourth-order valence-electron chi connectivity index (χ4n) is 2.46. The lowest BCUT2D eigenvalue weighted by molar-refractivity contribution is -0.147. The lowest BCUT2D eigenvalue weighted by Gasteiger charge is -2.26. The molecule has 4 nitrogen and oxygen atoms in total. The normalized spacial score (nSPS) is 21.5. The van der Waals surface area contributed by atoms with Gasteiger partial charge in [-0.3, -0.25) is 4.79 Å². The van der Waals surface area contributed by atoms with E-state index in [1.165, 1.54) is 6.08 Å². The van der Waals surface area contributed by atoms with Crippen LogP contribution in [-0.2, 0) is 14.3 Å². The van der Waals surface area contributed by atoms with Crippen LogP contribution >= 0.6 is 11.6 Å². The standard InChI is InChI=1S/C17H19ClO4/c1-2-3-16(19)21-14-8-4-12(5-9-14)17(20)22-15-10-6-13(18)7-11-15/h2-3,6-7,10-12,14H,4-5,8-9H2,1H3/t12-,14-. The predicted molar refractivity (Wildman–Crippen MR) is 83.7 cm³/mol. The van der Waals surface area contributed by atoms with Crippen LogP contribution in [0.3, 0.4) is 0 Å². The van der Waals surface area contributed by atoms with Crippen LogP contribution in [0.5, 0.6) is 5.75 Å². The van der Waals surface area contributed by atoms with E-state index >= 15 is 0 Å². The third-order valence-corrected chi connectivity index (χ3v) is 3.88. The summed E-state index contributed by atoms with van der Waals surface area (Å²) in [5.74, 6) is -0.210. The molecule has 0 amide bonds. The van der Waals surface area contributed by atoms with Gasteiger partial charge >= 0.3 is 11.9 Å². The predicted octanol–water partition coefficient (Wildman–Crippen LogP) is 3.92. The van der Waals surface area contributed by atoms with Crippen LogP contribution in [-0.4, -0.2) is 18.0 Å². The molecule has 0 bridgehead atoms.